The van der Waals surface area contributed by atoms with E-state index in [1.807, 2.05) is 36.4 Å². The van der Waals surface area contributed by atoms with E-state index in [-0.39, 0.29) is 5.91 Å². The third-order valence-corrected chi connectivity index (χ3v) is 4.24. The predicted octanol–water partition coefficient (Wildman–Crippen LogP) is 2.74. The Morgan fingerprint density at radius 2 is 2.27 bits per heavy atom. The second-order valence-corrected chi connectivity index (χ2v) is 5.74. The molecule has 1 amide bonds. The SMILES string of the molecule is Cc1nccn1CC1CCN(C(=O)/C=C/c2ccco2)CC1. The lowest BCUT2D eigenvalue weighted by Crippen LogP contribution is -2.38. The molecule has 0 saturated carbocycles. The first-order valence-corrected chi connectivity index (χ1v) is 7.70. The number of likely N-dealkylation sites (tertiary alicyclic amines) is 1. The van der Waals surface area contributed by atoms with Crippen LogP contribution in [-0.4, -0.2) is 33.4 Å². The van der Waals surface area contributed by atoms with Gasteiger partial charge >= 0.3 is 0 Å². The van der Waals surface area contributed by atoms with Gasteiger partial charge in [0.15, 0.2) is 0 Å². The monoisotopic (exact) mass is 299 g/mol. The van der Waals surface area contributed by atoms with Crippen LogP contribution in [-0.2, 0) is 11.3 Å². The van der Waals surface area contributed by atoms with Crippen molar-refractivity contribution >= 4 is 12.0 Å². The van der Waals surface area contributed by atoms with E-state index in [0.29, 0.717) is 11.7 Å². The van der Waals surface area contributed by atoms with Crippen molar-refractivity contribution in [3.8, 4) is 0 Å². The number of hydrogen-bond acceptors (Lipinski definition) is 3. The van der Waals surface area contributed by atoms with Gasteiger partial charge < -0.3 is 13.9 Å². The van der Waals surface area contributed by atoms with Gasteiger partial charge in [0.05, 0.1) is 6.26 Å². The van der Waals surface area contributed by atoms with Crippen LogP contribution in [0.2, 0.25) is 0 Å². The second kappa shape index (κ2) is 6.64. The topological polar surface area (TPSA) is 51.3 Å². The molecule has 116 valence electrons. The third kappa shape index (κ3) is 3.47. The molecule has 0 aromatic carbocycles. The molecule has 3 rings (SSSR count). The minimum Gasteiger partial charge on any atom is -0.465 e. The third-order valence-electron chi connectivity index (χ3n) is 4.24. The molecule has 0 atom stereocenters. The van der Waals surface area contributed by atoms with Gasteiger partial charge in [-0.1, -0.05) is 0 Å². The Hall–Kier alpha value is -2.30. The summed E-state index contributed by atoms with van der Waals surface area (Å²) in [6.07, 6.45) is 10.9. The number of rotatable bonds is 4. The summed E-state index contributed by atoms with van der Waals surface area (Å²) in [4.78, 5) is 18.3. The highest BCUT2D eigenvalue weighted by molar-refractivity contribution is 5.91. The normalized spacial score (nSPS) is 16.5. The van der Waals surface area contributed by atoms with Gasteiger partial charge in [-0.15, -0.1) is 0 Å². The maximum absolute atomic E-state index is 12.2. The maximum atomic E-state index is 12.2. The van der Waals surface area contributed by atoms with Gasteiger partial charge in [-0.05, 0) is 43.9 Å². The number of carbonyl (C=O) groups is 1. The number of carbonyl (C=O) groups excluding carboxylic acids is 1. The first-order valence-electron chi connectivity index (χ1n) is 7.70. The van der Waals surface area contributed by atoms with Crippen molar-refractivity contribution in [3.63, 3.8) is 0 Å². The van der Waals surface area contributed by atoms with Crippen molar-refractivity contribution in [2.75, 3.05) is 13.1 Å². The van der Waals surface area contributed by atoms with Crippen LogP contribution in [0.15, 0.2) is 41.3 Å². The summed E-state index contributed by atoms with van der Waals surface area (Å²) >= 11 is 0. The number of amides is 1. The van der Waals surface area contributed by atoms with Crippen LogP contribution in [0.4, 0.5) is 0 Å². The van der Waals surface area contributed by atoms with Gasteiger partial charge in [0.2, 0.25) is 5.91 Å². The fourth-order valence-electron chi connectivity index (χ4n) is 2.86. The summed E-state index contributed by atoms with van der Waals surface area (Å²) in [7, 11) is 0. The van der Waals surface area contributed by atoms with Crippen LogP contribution in [0.5, 0.6) is 0 Å². The number of hydrogen-bond donors (Lipinski definition) is 0. The summed E-state index contributed by atoms with van der Waals surface area (Å²) in [5, 5.41) is 0. The van der Waals surface area contributed by atoms with Crippen LogP contribution >= 0.6 is 0 Å². The van der Waals surface area contributed by atoms with Crippen LogP contribution in [0, 0.1) is 12.8 Å². The summed E-state index contributed by atoms with van der Waals surface area (Å²) in [6, 6.07) is 3.65. The molecule has 1 saturated heterocycles. The zero-order chi connectivity index (χ0) is 15.4. The minimum atomic E-state index is 0.0636. The van der Waals surface area contributed by atoms with Gasteiger partial charge in [0.25, 0.3) is 0 Å². The number of nitrogens with zero attached hydrogens (tertiary/aromatic N) is 3. The summed E-state index contributed by atoms with van der Waals surface area (Å²) in [5.74, 6) is 2.44. The number of furan rings is 1. The molecule has 0 N–H and O–H groups in total. The van der Waals surface area contributed by atoms with E-state index < -0.39 is 0 Å². The van der Waals surface area contributed by atoms with Crippen LogP contribution in [0.1, 0.15) is 24.4 Å². The molecule has 0 unspecified atom stereocenters. The Balaban J connectivity index is 1.49. The molecule has 2 aromatic heterocycles. The molecule has 2 aromatic rings. The molecule has 0 bridgehead atoms. The average Bonchev–Trinajstić information content (AvgIpc) is 3.18. The predicted molar refractivity (Wildman–Crippen MR) is 84.0 cm³/mol. The van der Waals surface area contributed by atoms with Crippen LogP contribution in [0.25, 0.3) is 6.08 Å². The molecule has 1 aliphatic rings. The molecular weight excluding hydrogens is 278 g/mol. The van der Waals surface area contributed by atoms with E-state index >= 15 is 0 Å². The van der Waals surface area contributed by atoms with E-state index in [0.717, 1.165) is 38.3 Å². The molecule has 1 aliphatic heterocycles. The zero-order valence-electron chi connectivity index (χ0n) is 12.8. The highest BCUT2D eigenvalue weighted by Crippen LogP contribution is 2.20. The van der Waals surface area contributed by atoms with Crippen molar-refractivity contribution in [2.45, 2.75) is 26.3 Å². The van der Waals surface area contributed by atoms with Gasteiger partial charge in [0.1, 0.15) is 11.6 Å². The number of piperidine rings is 1. The highest BCUT2D eigenvalue weighted by Gasteiger charge is 2.22. The zero-order valence-corrected chi connectivity index (χ0v) is 12.8. The Morgan fingerprint density at radius 3 is 2.91 bits per heavy atom. The van der Waals surface area contributed by atoms with E-state index in [1.54, 1.807) is 18.4 Å². The van der Waals surface area contributed by atoms with Crippen molar-refractivity contribution < 1.29 is 9.21 Å². The molecule has 22 heavy (non-hydrogen) atoms. The summed E-state index contributed by atoms with van der Waals surface area (Å²) < 4.78 is 7.39. The number of imidazole rings is 1. The lowest BCUT2D eigenvalue weighted by Gasteiger charge is -2.31. The molecule has 0 spiro atoms. The standard InChI is InChI=1S/C17H21N3O2/c1-14-18-8-11-20(14)13-15-6-9-19(10-7-15)17(21)5-4-16-3-2-12-22-16/h2-5,8,11-12,15H,6-7,9-10,13H2,1H3/b5-4+. The van der Waals surface area contributed by atoms with Crippen molar-refractivity contribution in [1.29, 1.82) is 0 Å². The Morgan fingerprint density at radius 1 is 1.45 bits per heavy atom. The molecule has 5 heteroatoms. The van der Waals surface area contributed by atoms with Gasteiger partial charge in [0, 0.05) is 38.1 Å². The van der Waals surface area contributed by atoms with Crippen molar-refractivity contribution in [2.24, 2.45) is 5.92 Å². The Labute approximate surface area is 130 Å². The van der Waals surface area contributed by atoms with Gasteiger partial charge in [-0.3, -0.25) is 4.79 Å². The van der Waals surface area contributed by atoms with E-state index in [1.165, 1.54) is 0 Å². The van der Waals surface area contributed by atoms with Crippen LogP contribution in [0.3, 0.4) is 0 Å². The van der Waals surface area contributed by atoms with Gasteiger partial charge in [-0.25, -0.2) is 4.98 Å². The molecule has 5 nitrogen and oxygen atoms in total. The summed E-state index contributed by atoms with van der Waals surface area (Å²) in [6.45, 7) is 4.66. The fourth-order valence-corrected chi connectivity index (χ4v) is 2.86. The molecular formula is C17H21N3O2. The summed E-state index contributed by atoms with van der Waals surface area (Å²) in [5.41, 5.74) is 0. The first-order chi connectivity index (χ1) is 10.7. The Kier molecular flexibility index (Phi) is 4.42. The average molecular weight is 299 g/mol. The van der Waals surface area contributed by atoms with E-state index in [9.17, 15) is 4.79 Å². The van der Waals surface area contributed by atoms with E-state index in [4.69, 9.17) is 4.42 Å². The van der Waals surface area contributed by atoms with Crippen LogP contribution < -0.4 is 0 Å². The Bertz CT molecular complexity index is 635. The molecule has 1 fully saturated rings. The number of aryl methyl sites for hydroxylation is 1. The minimum absolute atomic E-state index is 0.0636. The molecule has 0 radical (unpaired) electrons. The first kappa shape index (κ1) is 14.6. The van der Waals surface area contributed by atoms with E-state index in [2.05, 4.69) is 9.55 Å². The molecule has 3 heterocycles. The smallest absolute Gasteiger partial charge is 0.246 e. The largest absolute Gasteiger partial charge is 0.465 e. The molecule has 0 aliphatic carbocycles. The highest BCUT2D eigenvalue weighted by atomic mass is 16.3. The number of aromatic nitrogens is 2. The fraction of sp³-hybridized carbons (Fsp3) is 0.412. The second-order valence-electron chi connectivity index (χ2n) is 5.74. The van der Waals surface area contributed by atoms with Gasteiger partial charge in [-0.2, -0.15) is 0 Å². The lowest BCUT2D eigenvalue weighted by atomic mass is 9.96. The lowest BCUT2D eigenvalue weighted by molar-refractivity contribution is -0.127. The van der Waals surface area contributed by atoms with Crippen molar-refractivity contribution in [1.82, 2.24) is 14.5 Å². The van der Waals surface area contributed by atoms with Crippen molar-refractivity contribution in [3.05, 3.63) is 48.5 Å². The quantitative estimate of drug-likeness (QED) is 0.816. The maximum Gasteiger partial charge on any atom is 0.246 e.